The molecule has 7 heteroatoms. The number of benzene rings is 1. The summed E-state index contributed by atoms with van der Waals surface area (Å²) in [7, 11) is -1.29. The Morgan fingerprint density at radius 2 is 1.54 bits per heavy atom. The van der Waals surface area contributed by atoms with Crippen molar-refractivity contribution in [2.45, 2.75) is 52.4 Å². The number of hydrogen-bond donors (Lipinski definition) is 0. The second-order valence-corrected chi connectivity index (χ2v) is 11.1. The van der Waals surface area contributed by atoms with Crippen LogP contribution in [0.3, 0.4) is 0 Å². The quantitative estimate of drug-likeness (QED) is 0.616. The van der Waals surface area contributed by atoms with Crippen molar-refractivity contribution < 1.29 is 22.6 Å². The zero-order chi connectivity index (χ0) is 19.0. The summed E-state index contributed by atoms with van der Waals surface area (Å²) in [5.74, 6) is 0.838. The highest BCUT2D eigenvalue weighted by molar-refractivity contribution is 7.42. The summed E-state index contributed by atoms with van der Waals surface area (Å²) in [6.07, 6.45) is 0. The van der Waals surface area contributed by atoms with Crippen LogP contribution in [0.4, 0.5) is 0 Å². The molecule has 26 heavy (non-hydrogen) atoms. The largest absolute Gasteiger partial charge is 0.426 e. The first-order chi connectivity index (χ1) is 12.1. The summed E-state index contributed by atoms with van der Waals surface area (Å²) in [5.41, 5.74) is 2.33. The van der Waals surface area contributed by atoms with E-state index in [-0.39, 0.29) is 25.3 Å². The van der Waals surface area contributed by atoms with Gasteiger partial charge < -0.3 is 22.6 Å². The van der Waals surface area contributed by atoms with E-state index in [1.807, 2.05) is 0 Å². The molecule has 0 unspecified atom stereocenters. The number of hydrogen-bond acceptors (Lipinski definition) is 5. The summed E-state index contributed by atoms with van der Waals surface area (Å²) >= 11 is 0. The first kappa shape index (κ1) is 20.5. The van der Waals surface area contributed by atoms with Gasteiger partial charge in [0.1, 0.15) is 5.75 Å². The van der Waals surface area contributed by atoms with Crippen molar-refractivity contribution in [2.75, 3.05) is 26.4 Å². The molecule has 0 radical (unpaired) electrons. The standard InChI is InChI=1S/C19H30O5P2/c1-17(2,3)14-7-8-16(15(9-14)18(4,5)6)24-26-22-12-19(13-23-26)10-20-25-21-11-19/h7-9,25H,10-13H2,1-6H3. The van der Waals surface area contributed by atoms with E-state index in [0.717, 1.165) is 5.75 Å². The van der Waals surface area contributed by atoms with Crippen molar-refractivity contribution in [2.24, 2.45) is 5.41 Å². The molecule has 1 aromatic carbocycles. The van der Waals surface area contributed by atoms with Gasteiger partial charge in [0.15, 0.2) is 9.03 Å². The Morgan fingerprint density at radius 1 is 0.923 bits per heavy atom. The molecule has 1 spiro atoms. The minimum absolute atomic E-state index is 0.0328. The van der Waals surface area contributed by atoms with Crippen LogP contribution >= 0.6 is 17.6 Å². The molecule has 5 nitrogen and oxygen atoms in total. The van der Waals surface area contributed by atoms with E-state index in [0.29, 0.717) is 26.4 Å². The second-order valence-electron chi connectivity index (χ2n) is 9.23. The van der Waals surface area contributed by atoms with Gasteiger partial charge in [0.2, 0.25) is 0 Å². The highest BCUT2D eigenvalue weighted by atomic mass is 31.2. The maximum atomic E-state index is 6.16. The van der Waals surface area contributed by atoms with Crippen LogP contribution in [0.15, 0.2) is 18.2 Å². The fourth-order valence-electron chi connectivity index (χ4n) is 2.87. The summed E-state index contributed by atoms with van der Waals surface area (Å²) in [6, 6.07) is 6.43. The van der Waals surface area contributed by atoms with E-state index in [2.05, 4.69) is 59.7 Å². The van der Waals surface area contributed by atoms with Crippen LogP contribution in [0.1, 0.15) is 52.7 Å². The molecule has 146 valence electrons. The SMILES string of the molecule is CC(C)(C)c1ccc(OP2OCC3(COPOC3)CO2)c(C(C)(C)C)c1. The maximum absolute atomic E-state index is 6.16. The van der Waals surface area contributed by atoms with Gasteiger partial charge in [-0.1, -0.05) is 53.7 Å². The third-order valence-corrected chi connectivity index (χ3v) is 6.20. The Morgan fingerprint density at radius 3 is 2.08 bits per heavy atom. The molecule has 0 N–H and O–H groups in total. The Hall–Kier alpha value is -0.280. The normalized spacial score (nSPS) is 28.5. The van der Waals surface area contributed by atoms with E-state index < -0.39 is 8.60 Å². The summed E-state index contributed by atoms with van der Waals surface area (Å²) < 4.78 is 28.8. The first-order valence-corrected chi connectivity index (χ1v) is 10.9. The van der Waals surface area contributed by atoms with Gasteiger partial charge in [-0.05, 0) is 22.5 Å². The maximum Gasteiger partial charge on any atom is 0.397 e. The van der Waals surface area contributed by atoms with Crippen molar-refractivity contribution in [1.29, 1.82) is 0 Å². The molecule has 2 aliphatic rings. The number of rotatable bonds is 2. The van der Waals surface area contributed by atoms with Crippen molar-refractivity contribution in [1.82, 2.24) is 0 Å². The van der Waals surface area contributed by atoms with Crippen molar-refractivity contribution >= 4 is 17.6 Å². The summed E-state index contributed by atoms with van der Waals surface area (Å²) in [5, 5.41) is 0. The van der Waals surface area contributed by atoms with Crippen LogP contribution in [0.2, 0.25) is 0 Å². The summed E-state index contributed by atoms with van der Waals surface area (Å²) in [6.45, 7) is 15.6. The lowest BCUT2D eigenvalue weighted by Gasteiger charge is -2.40. The van der Waals surface area contributed by atoms with E-state index in [1.165, 1.54) is 11.1 Å². The molecule has 2 heterocycles. The molecule has 1 aromatic rings. The van der Waals surface area contributed by atoms with E-state index in [9.17, 15) is 0 Å². The smallest absolute Gasteiger partial charge is 0.397 e. The van der Waals surface area contributed by atoms with Crippen LogP contribution in [-0.4, -0.2) is 26.4 Å². The van der Waals surface area contributed by atoms with Gasteiger partial charge in [-0.25, -0.2) is 0 Å². The predicted octanol–water partition coefficient (Wildman–Crippen LogP) is 5.48. The minimum atomic E-state index is -1.41. The molecule has 0 atom stereocenters. The van der Waals surface area contributed by atoms with E-state index in [4.69, 9.17) is 22.6 Å². The average molecular weight is 400 g/mol. The van der Waals surface area contributed by atoms with Crippen LogP contribution in [0.5, 0.6) is 5.75 Å². The molecular formula is C19H30O5P2. The third-order valence-electron chi connectivity index (χ3n) is 4.65. The van der Waals surface area contributed by atoms with Crippen molar-refractivity contribution in [3.63, 3.8) is 0 Å². The van der Waals surface area contributed by atoms with Crippen LogP contribution in [-0.2, 0) is 28.9 Å². The van der Waals surface area contributed by atoms with E-state index >= 15 is 0 Å². The molecule has 3 rings (SSSR count). The van der Waals surface area contributed by atoms with E-state index in [1.54, 1.807) is 0 Å². The second kappa shape index (κ2) is 7.62. The van der Waals surface area contributed by atoms with Gasteiger partial charge in [-0.3, -0.25) is 0 Å². The van der Waals surface area contributed by atoms with Crippen molar-refractivity contribution in [3.05, 3.63) is 29.3 Å². The molecule has 2 saturated heterocycles. The lowest BCUT2D eigenvalue weighted by Crippen LogP contribution is -2.44. The Balaban J connectivity index is 1.73. The van der Waals surface area contributed by atoms with Crippen LogP contribution in [0.25, 0.3) is 0 Å². The summed E-state index contributed by atoms with van der Waals surface area (Å²) in [4.78, 5) is 0. The lowest BCUT2D eigenvalue weighted by molar-refractivity contribution is -0.0567. The van der Waals surface area contributed by atoms with Crippen LogP contribution < -0.4 is 4.52 Å². The Bertz CT molecular complexity index is 620. The zero-order valence-corrected chi connectivity index (χ0v) is 18.4. The lowest BCUT2D eigenvalue weighted by atomic mass is 9.80. The van der Waals surface area contributed by atoms with Gasteiger partial charge in [-0.2, -0.15) is 0 Å². The van der Waals surface area contributed by atoms with Gasteiger partial charge >= 0.3 is 8.60 Å². The Kier molecular flexibility index (Phi) is 6.00. The fourth-order valence-corrected chi connectivity index (χ4v) is 4.94. The van der Waals surface area contributed by atoms with Gasteiger partial charge in [0, 0.05) is 5.56 Å². The molecule has 0 saturated carbocycles. The zero-order valence-electron chi connectivity index (χ0n) is 16.5. The third kappa shape index (κ3) is 4.76. The van der Waals surface area contributed by atoms with Gasteiger partial charge in [-0.15, -0.1) is 0 Å². The van der Waals surface area contributed by atoms with Crippen LogP contribution in [0, 0.1) is 5.41 Å². The molecule has 0 aliphatic carbocycles. The van der Waals surface area contributed by atoms with Gasteiger partial charge in [0.05, 0.1) is 31.8 Å². The highest BCUT2D eigenvalue weighted by Crippen LogP contribution is 2.50. The fraction of sp³-hybridized carbons (Fsp3) is 0.684. The molecule has 2 aliphatic heterocycles. The first-order valence-electron chi connectivity index (χ1n) is 8.97. The molecule has 0 amide bonds. The molecule has 0 bridgehead atoms. The minimum Gasteiger partial charge on any atom is -0.426 e. The Labute approximate surface area is 160 Å². The topological polar surface area (TPSA) is 46.2 Å². The average Bonchev–Trinajstić information content (AvgIpc) is 2.56. The molecular weight excluding hydrogens is 370 g/mol. The highest BCUT2D eigenvalue weighted by Gasteiger charge is 2.42. The molecule has 2 fully saturated rings. The predicted molar refractivity (Wildman–Crippen MR) is 106 cm³/mol. The monoisotopic (exact) mass is 400 g/mol. The van der Waals surface area contributed by atoms with Gasteiger partial charge in [0.25, 0.3) is 0 Å². The molecule has 0 aromatic heterocycles. The van der Waals surface area contributed by atoms with Crippen molar-refractivity contribution in [3.8, 4) is 5.75 Å².